The average Bonchev–Trinajstić information content (AvgIpc) is 3.05. The standard InChI is InChI=1S/C20H19N3O2/c1-3-23(14(2)16-10-8-15(13-21)9-11-16)20(24)12-18-17-6-4-5-7-19(17)25-22-18/h4-11,14H,3,12H2,1-2H3/t14-/m1/s1. The molecule has 5 heteroatoms. The number of rotatable bonds is 5. The molecular formula is C20H19N3O2. The van der Waals surface area contributed by atoms with Crippen molar-refractivity contribution in [2.75, 3.05) is 6.54 Å². The molecule has 0 radical (unpaired) electrons. The largest absolute Gasteiger partial charge is 0.356 e. The van der Waals surface area contributed by atoms with Gasteiger partial charge in [-0.05, 0) is 43.7 Å². The Balaban J connectivity index is 1.79. The van der Waals surface area contributed by atoms with Gasteiger partial charge in [0.15, 0.2) is 5.58 Å². The van der Waals surface area contributed by atoms with Gasteiger partial charge in [-0.2, -0.15) is 5.26 Å². The van der Waals surface area contributed by atoms with Crippen LogP contribution in [-0.2, 0) is 11.2 Å². The molecule has 0 aliphatic rings. The zero-order chi connectivity index (χ0) is 17.8. The van der Waals surface area contributed by atoms with E-state index < -0.39 is 0 Å². The van der Waals surface area contributed by atoms with E-state index in [1.165, 1.54) is 0 Å². The molecular weight excluding hydrogens is 314 g/mol. The van der Waals surface area contributed by atoms with Crippen molar-refractivity contribution in [1.29, 1.82) is 5.26 Å². The van der Waals surface area contributed by atoms with Crippen LogP contribution in [0, 0.1) is 11.3 Å². The van der Waals surface area contributed by atoms with Gasteiger partial charge in [-0.1, -0.05) is 29.4 Å². The summed E-state index contributed by atoms with van der Waals surface area (Å²) in [5, 5.41) is 13.8. The van der Waals surface area contributed by atoms with Gasteiger partial charge in [0, 0.05) is 11.9 Å². The van der Waals surface area contributed by atoms with E-state index >= 15 is 0 Å². The quantitative estimate of drug-likeness (QED) is 0.711. The molecule has 1 amide bonds. The van der Waals surface area contributed by atoms with Crippen molar-refractivity contribution in [3.8, 4) is 6.07 Å². The Hall–Kier alpha value is -3.13. The Labute approximate surface area is 146 Å². The summed E-state index contributed by atoms with van der Waals surface area (Å²) in [6, 6.07) is 16.9. The lowest BCUT2D eigenvalue weighted by Crippen LogP contribution is -2.34. The van der Waals surface area contributed by atoms with Crippen LogP contribution in [0.2, 0.25) is 0 Å². The van der Waals surface area contributed by atoms with Crippen LogP contribution in [0.15, 0.2) is 53.1 Å². The number of benzene rings is 2. The second-order valence-corrected chi connectivity index (χ2v) is 5.89. The van der Waals surface area contributed by atoms with Crippen molar-refractivity contribution in [2.24, 2.45) is 0 Å². The molecule has 3 aromatic rings. The topological polar surface area (TPSA) is 70.1 Å². The highest BCUT2D eigenvalue weighted by atomic mass is 16.5. The number of hydrogen-bond donors (Lipinski definition) is 0. The van der Waals surface area contributed by atoms with Gasteiger partial charge in [-0.15, -0.1) is 0 Å². The molecule has 3 rings (SSSR count). The molecule has 2 aromatic carbocycles. The second-order valence-electron chi connectivity index (χ2n) is 5.89. The average molecular weight is 333 g/mol. The van der Waals surface area contributed by atoms with Crippen LogP contribution in [0.25, 0.3) is 11.0 Å². The monoisotopic (exact) mass is 333 g/mol. The van der Waals surface area contributed by atoms with Crippen LogP contribution >= 0.6 is 0 Å². The smallest absolute Gasteiger partial charge is 0.229 e. The van der Waals surface area contributed by atoms with Gasteiger partial charge in [0.2, 0.25) is 5.91 Å². The number of carbonyl (C=O) groups excluding carboxylic acids is 1. The van der Waals surface area contributed by atoms with E-state index in [0.717, 1.165) is 10.9 Å². The molecule has 126 valence electrons. The van der Waals surface area contributed by atoms with E-state index in [1.807, 2.05) is 55.1 Å². The lowest BCUT2D eigenvalue weighted by atomic mass is 10.0. The summed E-state index contributed by atoms with van der Waals surface area (Å²) in [4.78, 5) is 14.6. The number of fused-ring (bicyclic) bond motifs is 1. The Morgan fingerprint density at radius 3 is 2.64 bits per heavy atom. The highest BCUT2D eigenvalue weighted by Crippen LogP contribution is 2.23. The Kier molecular flexibility index (Phi) is 4.80. The minimum absolute atomic E-state index is 0.00147. The predicted octanol–water partition coefficient (Wildman–Crippen LogP) is 3.85. The van der Waals surface area contributed by atoms with Crippen LogP contribution in [0.5, 0.6) is 0 Å². The lowest BCUT2D eigenvalue weighted by molar-refractivity contribution is -0.132. The highest BCUT2D eigenvalue weighted by Gasteiger charge is 2.22. The number of aromatic nitrogens is 1. The van der Waals surface area contributed by atoms with Gasteiger partial charge >= 0.3 is 0 Å². The van der Waals surface area contributed by atoms with Crippen molar-refractivity contribution < 1.29 is 9.32 Å². The fourth-order valence-corrected chi connectivity index (χ4v) is 2.99. The number of para-hydroxylation sites is 1. The van der Waals surface area contributed by atoms with Gasteiger partial charge in [0.05, 0.1) is 24.1 Å². The summed E-state index contributed by atoms with van der Waals surface area (Å²) in [6.07, 6.45) is 0.200. The van der Waals surface area contributed by atoms with Crippen LogP contribution in [0.3, 0.4) is 0 Å². The van der Waals surface area contributed by atoms with Crippen molar-refractivity contribution in [3.63, 3.8) is 0 Å². The first-order valence-electron chi connectivity index (χ1n) is 8.27. The van der Waals surface area contributed by atoms with E-state index in [2.05, 4.69) is 11.2 Å². The van der Waals surface area contributed by atoms with Crippen LogP contribution in [-0.4, -0.2) is 22.5 Å². The molecule has 1 aromatic heterocycles. The number of nitriles is 1. The summed E-state index contributed by atoms with van der Waals surface area (Å²) in [5.41, 5.74) is 2.96. The van der Waals surface area contributed by atoms with Crippen molar-refractivity contribution in [2.45, 2.75) is 26.3 Å². The third-order valence-electron chi connectivity index (χ3n) is 4.42. The zero-order valence-corrected chi connectivity index (χ0v) is 14.3. The first-order chi connectivity index (χ1) is 12.1. The van der Waals surface area contributed by atoms with E-state index in [4.69, 9.17) is 9.78 Å². The van der Waals surface area contributed by atoms with E-state index in [-0.39, 0.29) is 18.4 Å². The molecule has 0 N–H and O–H groups in total. The summed E-state index contributed by atoms with van der Waals surface area (Å²) in [6.45, 7) is 4.54. The number of likely N-dealkylation sites (N-methyl/N-ethyl adjacent to an activating group) is 1. The summed E-state index contributed by atoms with van der Waals surface area (Å²) >= 11 is 0. The van der Waals surface area contributed by atoms with Gasteiger partial charge in [-0.3, -0.25) is 4.79 Å². The molecule has 25 heavy (non-hydrogen) atoms. The third kappa shape index (κ3) is 3.38. The third-order valence-corrected chi connectivity index (χ3v) is 4.42. The number of carbonyl (C=O) groups is 1. The molecule has 0 saturated carbocycles. The van der Waals surface area contributed by atoms with Gasteiger partial charge in [0.25, 0.3) is 0 Å². The highest BCUT2D eigenvalue weighted by molar-refractivity contribution is 5.86. The van der Waals surface area contributed by atoms with E-state index in [0.29, 0.717) is 23.4 Å². The lowest BCUT2D eigenvalue weighted by Gasteiger charge is -2.28. The molecule has 1 heterocycles. The van der Waals surface area contributed by atoms with Crippen molar-refractivity contribution >= 4 is 16.9 Å². The maximum Gasteiger partial charge on any atom is 0.229 e. The molecule has 0 unspecified atom stereocenters. The fraction of sp³-hybridized carbons (Fsp3) is 0.250. The first kappa shape index (κ1) is 16.7. The van der Waals surface area contributed by atoms with Gasteiger partial charge < -0.3 is 9.42 Å². The first-order valence-corrected chi connectivity index (χ1v) is 8.27. The molecule has 1 atom stereocenters. The molecule has 0 fully saturated rings. The van der Waals surface area contributed by atoms with Gasteiger partial charge in [0.1, 0.15) is 5.69 Å². The Morgan fingerprint density at radius 1 is 1.24 bits per heavy atom. The molecule has 0 saturated heterocycles. The minimum atomic E-state index is -0.0802. The minimum Gasteiger partial charge on any atom is -0.356 e. The van der Waals surface area contributed by atoms with Crippen molar-refractivity contribution in [3.05, 3.63) is 65.4 Å². The van der Waals surface area contributed by atoms with Crippen LogP contribution in [0.1, 0.15) is 36.7 Å². The Bertz CT molecular complexity index is 922. The van der Waals surface area contributed by atoms with Crippen molar-refractivity contribution in [1.82, 2.24) is 10.1 Å². The zero-order valence-electron chi connectivity index (χ0n) is 14.3. The van der Waals surface area contributed by atoms with E-state index in [9.17, 15) is 4.79 Å². The molecule has 0 aliphatic heterocycles. The fourth-order valence-electron chi connectivity index (χ4n) is 2.99. The van der Waals surface area contributed by atoms with Gasteiger partial charge in [-0.25, -0.2) is 0 Å². The second kappa shape index (κ2) is 7.18. The maximum atomic E-state index is 12.8. The number of amides is 1. The van der Waals surface area contributed by atoms with Crippen LogP contribution < -0.4 is 0 Å². The summed E-state index contributed by atoms with van der Waals surface area (Å²) in [5.74, 6) is -0.00147. The van der Waals surface area contributed by atoms with Crippen LogP contribution in [0.4, 0.5) is 0 Å². The molecule has 5 nitrogen and oxygen atoms in total. The maximum absolute atomic E-state index is 12.8. The molecule has 0 aliphatic carbocycles. The number of nitrogens with zero attached hydrogens (tertiary/aromatic N) is 3. The summed E-state index contributed by atoms with van der Waals surface area (Å²) in [7, 11) is 0. The SMILES string of the molecule is CCN(C(=O)Cc1noc2ccccc12)[C@H](C)c1ccc(C#N)cc1. The number of hydrogen-bond acceptors (Lipinski definition) is 4. The molecule has 0 bridgehead atoms. The summed E-state index contributed by atoms with van der Waals surface area (Å²) < 4.78 is 5.28. The molecule has 0 spiro atoms. The predicted molar refractivity (Wildman–Crippen MR) is 94.7 cm³/mol. The van der Waals surface area contributed by atoms with E-state index in [1.54, 1.807) is 12.1 Å². The Morgan fingerprint density at radius 2 is 1.96 bits per heavy atom. The normalized spacial score (nSPS) is 11.9.